The maximum absolute atomic E-state index is 5.44. The third-order valence-electron chi connectivity index (χ3n) is 5.32. The average molecular weight is 257 g/mol. The van der Waals surface area contributed by atoms with Crippen LogP contribution < -0.4 is 0 Å². The Kier molecular flexibility index (Phi) is 3.07. The Morgan fingerprint density at radius 1 is 1.31 bits per heavy atom. The monoisotopic (exact) mass is 257 g/mol. The van der Waals surface area contributed by atoms with Crippen molar-refractivity contribution in [2.75, 3.05) is 14.1 Å². The Labute approximate surface area is 109 Å². The highest BCUT2D eigenvalue weighted by Gasteiger charge is 2.61. The molecule has 2 fully saturated rings. The second-order valence-corrected chi connectivity index (χ2v) is 8.21. The van der Waals surface area contributed by atoms with E-state index in [1.165, 1.54) is 19.3 Å². The van der Waals surface area contributed by atoms with Gasteiger partial charge in [0.05, 0.1) is 0 Å². The van der Waals surface area contributed by atoms with Crippen molar-refractivity contribution in [2.24, 2.45) is 16.7 Å². The van der Waals surface area contributed by atoms with E-state index in [-0.39, 0.29) is 0 Å². The van der Waals surface area contributed by atoms with E-state index in [1.54, 1.807) is 0 Å². The zero-order valence-corrected chi connectivity index (χ0v) is 12.7. The molecule has 0 aromatic rings. The highest BCUT2D eigenvalue weighted by molar-refractivity contribution is 8.23. The van der Waals surface area contributed by atoms with Gasteiger partial charge in [-0.05, 0) is 36.0 Å². The lowest BCUT2D eigenvalue weighted by Gasteiger charge is -2.39. The first kappa shape index (κ1) is 12.7. The van der Waals surface area contributed by atoms with Gasteiger partial charge in [-0.25, -0.2) is 0 Å². The Balaban J connectivity index is 2.13. The second-order valence-electron chi connectivity index (χ2n) is 6.38. The van der Waals surface area contributed by atoms with Crippen molar-refractivity contribution in [1.82, 2.24) is 4.90 Å². The minimum Gasteiger partial charge on any atom is -0.364 e. The fourth-order valence-corrected chi connectivity index (χ4v) is 5.35. The van der Waals surface area contributed by atoms with Gasteiger partial charge in [0.1, 0.15) is 4.32 Å². The van der Waals surface area contributed by atoms with Crippen LogP contribution in [0.4, 0.5) is 0 Å². The lowest BCUT2D eigenvalue weighted by molar-refractivity contribution is 0.157. The van der Waals surface area contributed by atoms with Gasteiger partial charge in [0.15, 0.2) is 0 Å². The van der Waals surface area contributed by atoms with Crippen molar-refractivity contribution in [1.29, 1.82) is 0 Å². The highest BCUT2D eigenvalue weighted by Crippen LogP contribution is 2.68. The van der Waals surface area contributed by atoms with E-state index in [4.69, 9.17) is 12.2 Å². The van der Waals surface area contributed by atoms with Crippen LogP contribution in [-0.4, -0.2) is 28.6 Å². The third-order valence-corrected chi connectivity index (χ3v) is 7.54. The van der Waals surface area contributed by atoms with E-state index in [9.17, 15) is 0 Å². The summed E-state index contributed by atoms with van der Waals surface area (Å²) in [6, 6.07) is 0. The number of fused-ring (bicyclic) bond motifs is 2. The Bertz CT molecular complexity index is 311. The van der Waals surface area contributed by atoms with Crippen LogP contribution in [0.2, 0.25) is 0 Å². The predicted octanol–water partition coefficient (Wildman–Crippen LogP) is 3.78. The van der Waals surface area contributed by atoms with Crippen LogP contribution in [-0.2, 0) is 0 Å². The normalized spacial score (nSPS) is 40.1. The molecule has 0 unspecified atom stereocenters. The summed E-state index contributed by atoms with van der Waals surface area (Å²) in [7, 11) is 4.10. The molecule has 92 valence electrons. The van der Waals surface area contributed by atoms with Crippen LogP contribution in [0.15, 0.2) is 0 Å². The van der Waals surface area contributed by atoms with E-state index in [2.05, 4.69) is 39.8 Å². The molecule has 2 saturated carbocycles. The minimum atomic E-state index is 0.488. The molecule has 3 atom stereocenters. The fraction of sp³-hybridized carbons (Fsp3) is 0.923. The summed E-state index contributed by atoms with van der Waals surface area (Å²) in [5.74, 6) is 0.917. The van der Waals surface area contributed by atoms with E-state index >= 15 is 0 Å². The smallest absolute Gasteiger partial charge is 0.136 e. The molecule has 0 radical (unpaired) electrons. The van der Waals surface area contributed by atoms with Gasteiger partial charge in [-0.2, -0.15) is 0 Å². The fourth-order valence-electron chi connectivity index (χ4n) is 3.54. The van der Waals surface area contributed by atoms with Crippen LogP contribution in [0, 0.1) is 16.7 Å². The van der Waals surface area contributed by atoms with Crippen LogP contribution in [0.25, 0.3) is 0 Å². The molecule has 2 rings (SSSR count). The van der Waals surface area contributed by atoms with Gasteiger partial charge in [0.2, 0.25) is 0 Å². The number of hydrogen-bond donors (Lipinski definition) is 0. The average Bonchev–Trinajstić information content (AvgIpc) is 2.50. The van der Waals surface area contributed by atoms with Crippen LogP contribution in [0.3, 0.4) is 0 Å². The molecular weight excluding hydrogens is 234 g/mol. The van der Waals surface area contributed by atoms with Crippen molar-refractivity contribution < 1.29 is 0 Å². The van der Waals surface area contributed by atoms with Crippen molar-refractivity contribution >= 4 is 28.3 Å². The van der Waals surface area contributed by atoms with Crippen molar-refractivity contribution in [3.05, 3.63) is 0 Å². The molecule has 0 amide bonds. The van der Waals surface area contributed by atoms with Gasteiger partial charge < -0.3 is 4.90 Å². The standard InChI is InChI=1S/C13H23NS2/c1-12(2)9-6-7-13(12,3)10(8-9)16-11(15)14(4)5/h9-10H,6-8H2,1-5H3/t9-,10-,13+/m0/s1. The predicted molar refractivity (Wildman–Crippen MR) is 76.9 cm³/mol. The number of thioether (sulfide) groups is 1. The SMILES string of the molecule is CN(C)C(=S)S[C@H]1C[C@@H]2CC[C@@]1(C)C2(C)C. The summed E-state index contributed by atoms with van der Waals surface area (Å²) in [5, 5.41) is 0.733. The van der Waals surface area contributed by atoms with Gasteiger partial charge in [-0.3, -0.25) is 0 Å². The third kappa shape index (κ3) is 1.62. The number of nitrogens with zero attached hydrogens (tertiary/aromatic N) is 1. The lowest BCUT2D eigenvalue weighted by atomic mass is 9.71. The zero-order valence-electron chi connectivity index (χ0n) is 11.0. The van der Waals surface area contributed by atoms with Crippen molar-refractivity contribution in [2.45, 2.75) is 45.3 Å². The summed E-state index contributed by atoms with van der Waals surface area (Å²) < 4.78 is 1.05. The molecule has 3 heteroatoms. The van der Waals surface area contributed by atoms with Crippen LogP contribution in [0.1, 0.15) is 40.0 Å². The van der Waals surface area contributed by atoms with Gasteiger partial charge >= 0.3 is 0 Å². The number of rotatable bonds is 1. The lowest BCUT2D eigenvalue weighted by Crippen LogP contribution is -2.35. The molecule has 1 nitrogen and oxygen atoms in total. The van der Waals surface area contributed by atoms with Crippen LogP contribution >= 0.6 is 24.0 Å². The first-order valence-corrected chi connectivity index (χ1v) is 7.46. The molecule has 0 aliphatic heterocycles. The topological polar surface area (TPSA) is 3.24 Å². The van der Waals surface area contributed by atoms with Crippen molar-refractivity contribution in [3.8, 4) is 0 Å². The largest absolute Gasteiger partial charge is 0.364 e. The molecule has 0 N–H and O–H groups in total. The minimum absolute atomic E-state index is 0.488. The molecule has 0 aromatic carbocycles. The summed E-state index contributed by atoms with van der Waals surface area (Å²) in [4.78, 5) is 2.07. The van der Waals surface area contributed by atoms with Crippen molar-refractivity contribution in [3.63, 3.8) is 0 Å². The summed E-state index contributed by atoms with van der Waals surface area (Å²) in [5.41, 5.74) is 0.995. The molecule has 0 aromatic heterocycles. The molecule has 2 bridgehead atoms. The zero-order chi connectivity index (χ0) is 12.1. The number of thiocarbonyl (C=S) groups is 1. The van der Waals surface area contributed by atoms with E-state index in [0.29, 0.717) is 10.8 Å². The van der Waals surface area contributed by atoms with E-state index < -0.39 is 0 Å². The van der Waals surface area contributed by atoms with E-state index in [0.717, 1.165) is 15.5 Å². The first-order valence-electron chi connectivity index (χ1n) is 6.17. The molecule has 0 spiro atoms. The summed E-state index contributed by atoms with van der Waals surface area (Å²) in [6.45, 7) is 7.41. The quantitative estimate of drug-likeness (QED) is 0.658. The molecule has 2 aliphatic carbocycles. The maximum Gasteiger partial charge on any atom is 0.136 e. The molecule has 2 aliphatic rings. The maximum atomic E-state index is 5.44. The Hall–Kier alpha value is 0.240. The van der Waals surface area contributed by atoms with Gasteiger partial charge in [-0.1, -0.05) is 44.8 Å². The van der Waals surface area contributed by atoms with Gasteiger partial charge in [0, 0.05) is 19.3 Å². The van der Waals surface area contributed by atoms with E-state index in [1.807, 2.05) is 11.8 Å². The van der Waals surface area contributed by atoms with Crippen LogP contribution in [0.5, 0.6) is 0 Å². The Morgan fingerprint density at radius 2 is 1.94 bits per heavy atom. The van der Waals surface area contributed by atoms with Gasteiger partial charge in [-0.15, -0.1) is 0 Å². The molecule has 0 saturated heterocycles. The summed E-state index contributed by atoms with van der Waals surface area (Å²) in [6.07, 6.45) is 4.18. The molecule has 16 heavy (non-hydrogen) atoms. The Morgan fingerprint density at radius 3 is 2.31 bits per heavy atom. The summed E-state index contributed by atoms with van der Waals surface area (Å²) >= 11 is 7.38. The number of hydrogen-bond acceptors (Lipinski definition) is 2. The second kappa shape index (κ2) is 3.88. The first-order chi connectivity index (χ1) is 7.29. The molecule has 0 heterocycles. The highest BCUT2D eigenvalue weighted by atomic mass is 32.2. The van der Waals surface area contributed by atoms with Gasteiger partial charge in [0.25, 0.3) is 0 Å². The molecular formula is C13H23NS2.